The van der Waals surface area contributed by atoms with Crippen molar-refractivity contribution in [1.82, 2.24) is 20.1 Å². The number of hydrogen-bond acceptors (Lipinski definition) is 3. The maximum absolute atomic E-state index is 12.4. The van der Waals surface area contributed by atoms with Crippen LogP contribution in [0.4, 0.5) is 13.2 Å². The van der Waals surface area contributed by atoms with E-state index in [1.807, 2.05) is 0 Å². The van der Waals surface area contributed by atoms with Crippen molar-refractivity contribution in [1.29, 1.82) is 0 Å². The van der Waals surface area contributed by atoms with Crippen LogP contribution in [0.2, 0.25) is 0 Å². The van der Waals surface area contributed by atoms with E-state index >= 15 is 0 Å². The molecular formula is C11H11F3N4. The van der Waals surface area contributed by atoms with Gasteiger partial charge in [-0.25, -0.2) is 9.67 Å². The SMILES string of the molecule is CNCc1cccc(-n2ccc(C(F)(F)F)n2)n1. The van der Waals surface area contributed by atoms with Gasteiger partial charge in [0.25, 0.3) is 0 Å². The summed E-state index contributed by atoms with van der Waals surface area (Å²) < 4.78 is 38.3. The van der Waals surface area contributed by atoms with Gasteiger partial charge in [-0.1, -0.05) is 6.07 Å². The number of hydrogen-bond donors (Lipinski definition) is 1. The van der Waals surface area contributed by atoms with Crippen LogP contribution in [-0.2, 0) is 12.7 Å². The van der Waals surface area contributed by atoms with Gasteiger partial charge in [-0.05, 0) is 25.2 Å². The molecule has 0 bridgehead atoms. The van der Waals surface area contributed by atoms with Crippen LogP contribution in [0.5, 0.6) is 0 Å². The van der Waals surface area contributed by atoms with E-state index in [1.165, 1.54) is 6.20 Å². The summed E-state index contributed by atoms with van der Waals surface area (Å²) >= 11 is 0. The lowest BCUT2D eigenvalue weighted by atomic mass is 10.3. The van der Waals surface area contributed by atoms with Gasteiger partial charge in [0.2, 0.25) is 0 Å². The second-order valence-electron chi connectivity index (χ2n) is 3.66. The molecule has 0 unspecified atom stereocenters. The molecule has 0 aliphatic heterocycles. The molecule has 18 heavy (non-hydrogen) atoms. The van der Waals surface area contributed by atoms with Crippen LogP contribution in [0.25, 0.3) is 5.82 Å². The van der Waals surface area contributed by atoms with Crippen LogP contribution >= 0.6 is 0 Å². The molecule has 4 nitrogen and oxygen atoms in total. The molecule has 7 heteroatoms. The Bertz CT molecular complexity index is 533. The molecule has 0 saturated carbocycles. The first kappa shape index (κ1) is 12.6. The van der Waals surface area contributed by atoms with E-state index in [2.05, 4.69) is 15.4 Å². The van der Waals surface area contributed by atoms with Crippen LogP contribution in [0.3, 0.4) is 0 Å². The average molecular weight is 256 g/mol. The van der Waals surface area contributed by atoms with Crippen LogP contribution in [0.15, 0.2) is 30.5 Å². The van der Waals surface area contributed by atoms with Gasteiger partial charge in [-0.15, -0.1) is 0 Å². The Hall–Kier alpha value is -1.89. The molecule has 0 aliphatic rings. The highest BCUT2D eigenvalue weighted by Crippen LogP contribution is 2.27. The predicted molar refractivity (Wildman–Crippen MR) is 59.1 cm³/mol. The third-order valence-electron chi connectivity index (χ3n) is 2.26. The van der Waals surface area contributed by atoms with Gasteiger partial charge in [0.05, 0.1) is 5.69 Å². The minimum atomic E-state index is -4.44. The van der Waals surface area contributed by atoms with E-state index in [1.54, 1.807) is 25.2 Å². The Morgan fingerprint density at radius 1 is 1.28 bits per heavy atom. The zero-order valence-electron chi connectivity index (χ0n) is 9.57. The van der Waals surface area contributed by atoms with Crippen molar-refractivity contribution in [2.24, 2.45) is 0 Å². The first-order valence-corrected chi connectivity index (χ1v) is 5.24. The minimum absolute atomic E-state index is 0.359. The van der Waals surface area contributed by atoms with E-state index in [9.17, 15) is 13.2 Å². The molecule has 2 aromatic rings. The third-order valence-corrected chi connectivity index (χ3v) is 2.26. The Balaban J connectivity index is 2.31. The van der Waals surface area contributed by atoms with Gasteiger partial charge in [0.1, 0.15) is 0 Å². The van der Waals surface area contributed by atoms with Crippen molar-refractivity contribution in [3.05, 3.63) is 41.9 Å². The maximum atomic E-state index is 12.4. The fourth-order valence-electron chi connectivity index (χ4n) is 1.48. The van der Waals surface area contributed by atoms with Crippen molar-refractivity contribution in [3.63, 3.8) is 0 Å². The topological polar surface area (TPSA) is 42.7 Å². The number of aromatic nitrogens is 3. The molecule has 0 spiro atoms. The van der Waals surface area contributed by atoms with Crippen molar-refractivity contribution in [3.8, 4) is 5.82 Å². The molecule has 0 aromatic carbocycles. The summed E-state index contributed by atoms with van der Waals surface area (Å²) in [5.41, 5.74) is -0.192. The van der Waals surface area contributed by atoms with Gasteiger partial charge < -0.3 is 5.32 Å². The van der Waals surface area contributed by atoms with Gasteiger partial charge >= 0.3 is 6.18 Å². The zero-order chi connectivity index (χ0) is 13.2. The molecule has 0 radical (unpaired) electrons. The molecule has 0 amide bonds. The number of alkyl halides is 3. The highest BCUT2D eigenvalue weighted by Gasteiger charge is 2.33. The summed E-state index contributed by atoms with van der Waals surface area (Å²) in [7, 11) is 1.77. The quantitative estimate of drug-likeness (QED) is 0.913. The lowest BCUT2D eigenvalue weighted by molar-refractivity contribution is -0.141. The highest BCUT2D eigenvalue weighted by atomic mass is 19.4. The molecule has 0 aliphatic carbocycles. The summed E-state index contributed by atoms with van der Waals surface area (Å²) in [6.07, 6.45) is -3.19. The monoisotopic (exact) mass is 256 g/mol. The number of rotatable bonds is 3. The second kappa shape index (κ2) is 4.77. The fourth-order valence-corrected chi connectivity index (χ4v) is 1.48. The average Bonchev–Trinajstić information content (AvgIpc) is 2.78. The summed E-state index contributed by atoms with van der Waals surface area (Å²) in [5.74, 6) is 0.359. The zero-order valence-corrected chi connectivity index (χ0v) is 9.57. The van der Waals surface area contributed by atoms with Crippen LogP contribution < -0.4 is 5.32 Å². The normalized spacial score (nSPS) is 11.8. The Kier molecular flexibility index (Phi) is 3.33. The van der Waals surface area contributed by atoms with Crippen molar-refractivity contribution in [2.45, 2.75) is 12.7 Å². The lowest BCUT2D eigenvalue weighted by Crippen LogP contribution is -2.10. The molecule has 0 fully saturated rings. The van der Waals surface area contributed by atoms with E-state index in [-0.39, 0.29) is 0 Å². The summed E-state index contributed by atoms with van der Waals surface area (Å²) in [5, 5.41) is 6.38. The number of pyridine rings is 1. The number of nitrogens with one attached hydrogen (secondary N) is 1. The molecule has 2 heterocycles. The van der Waals surface area contributed by atoms with Gasteiger partial charge in [-0.3, -0.25) is 0 Å². The number of halogens is 3. The van der Waals surface area contributed by atoms with Crippen LogP contribution in [0.1, 0.15) is 11.4 Å². The standard InChI is InChI=1S/C11H11F3N4/c1-15-7-8-3-2-4-10(16-8)18-6-5-9(17-18)11(12,13)14/h2-6,15H,7H2,1H3. The molecule has 0 atom stereocenters. The van der Waals surface area contributed by atoms with E-state index < -0.39 is 11.9 Å². The first-order valence-electron chi connectivity index (χ1n) is 5.24. The molecule has 2 aromatic heterocycles. The second-order valence-corrected chi connectivity index (χ2v) is 3.66. The van der Waals surface area contributed by atoms with Gasteiger partial charge in [0, 0.05) is 12.7 Å². The predicted octanol–water partition coefficient (Wildman–Crippen LogP) is 2.01. The molecule has 2 rings (SSSR count). The van der Waals surface area contributed by atoms with Crippen molar-refractivity contribution >= 4 is 0 Å². The van der Waals surface area contributed by atoms with E-state index in [4.69, 9.17) is 0 Å². The fraction of sp³-hybridized carbons (Fsp3) is 0.273. The van der Waals surface area contributed by atoms with Gasteiger partial charge in [-0.2, -0.15) is 18.3 Å². The maximum Gasteiger partial charge on any atom is 0.435 e. The number of nitrogens with zero attached hydrogens (tertiary/aromatic N) is 3. The summed E-state index contributed by atoms with van der Waals surface area (Å²) in [6.45, 7) is 0.543. The molecule has 1 N–H and O–H groups in total. The Morgan fingerprint density at radius 3 is 2.67 bits per heavy atom. The van der Waals surface area contributed by atoms with Gasteiger partial charge in [0.15, 0.2) is 11.5 Å². The smallest absolute Gasteiger partial charge is 0.314 e. The molecule has 0 saturated heterocycles. The Morgan fingerprint density at radius 2 is 2.06 bits per heavy atom. The molecular weight excluding hydrogens is 245 g/mol. The largest absolute Gasteiger partial charge is 0.435 e. The lowest BCUT2D eigenvalue weighted by Gasteiger charge is -2.04. The first-order chi connectivity index (χ1) is 8.50. The Labute approximate surface area is 101 Å². The highest BCUT2D eigenvalue weighted by molar-refractivity contribution is 5.24. The van der Waals surface area contributed by atoms with E-state index in [0.717, 1.165) is 16.4 Å². The molecule has 96 valence electrons. The van der Waals surface area contributed by atoms with E-state index in [0.29, 0.717) is 12.4 Å². The summed E-state index contributed by atoms with van der Waals surface area (Å²) in [6, 6.07) is 6.04. The van der Waals surface area contributed by atoms with Crippen molar-refractivity contribution in [2.75, 3.05) is 7.05 Å². The van der Waals surface area contributed by atoms with Crippen molar-refractivity contribution < 1.29 is 13.2 Å². The third kappa shape index (κ3) is 2.67. The minimum Gasteiger partial charge on any atom is -0.314 e. The van der Waals surface area contributed by atoms with Crippen LogP contribution in [0, 0.1) is 0 Å². The summed E-state index contributed by atoms with van der Waals surface area (Å²) in [4.78, 5) is 4.20. The van der Waals surface area contributed by atoms with Crippen LogP contribution in [-0.4, -0.2) is 21.8 Å².